The maximum atomic E-state index is 12.6. The molecular weight excluding hydrogens is 390 g/mol. The maximum Gasteiger partial charge on any atom is 0.339 e. The molecule has 0 bridgehead atoms. The summed E-state index contributed by atoms with van der Waals surface area (Å²) in [6.07, 6.45) is 0. The lowest BCUT2D eigenvalue weighted by atomic mass is 10.1. The Balaban J connectivity index is 1.48. The summed E-state index contributed by atoms with van der Waals surface area (Å²) < 4.78 is 5.20. The van der Waals surface area contributed by atoms with Crippen LogP contribution in [-0.4, -0.2) is 28.5 Å². The quantitative estimate of drug-likeness (QED) is 0.472. The first kappa shape index (κ1) is 18.7. The van der Waals surface area contributed by atoms with E-state index in [4.69, 9.17) is 16.3 Å². The minimum atomic E-state index is -0.609. The summed E-state index contributed by atoms with van der Waals surface area (Å²) in [7, 11) is 0. The topological polar surface area (TPSA) is 84.1 Å². The van der Waals surface area contributed by atoms with Gasteiger partial charge in [0.05, 0.1) is 16.6 Å². The third kappa shape index (κ3) is 4.28. The van der Waals surface area contributed by atoms with Gasteiger partial charge in [0.2, 0.25) is 0 Å². The molecule has 1 amide bonds. The van der Waals surface area contributed by atoms with E-state index in [0.29, 0.717) is 27.7 Å². The van der Waals surface area contributed by atoms with E-state index in [-0.39, 0.29) is 0 Å². The number of para-hydroxylation sites is 2. The van der Waals surface area contributed by atoms with Gasteiger partial charge in [-0.15, -0.1) is 0 Å². The molecule has 0 spiro atoms. The van der Waals surface area contributed by atoms with Crippen molar-refractivity contribution < 1.29 is 14.3 Å². The lowest BCUT2D eigenvalue weighted by molar-refractivity contribution is -0.119. The van der Waals surface area contributed by atoms with E-state index in [1.165, 1.54) is 0 Å². The van der Waals surface area contributed by atoms with Crippen molar-refractivity contribution in [2.45, 2.75) is 0 Å². The zero-order valence-electron chi connectivity index (χ0n) is 15.2. The highest BCUT2D eigenvalue weighted by molar-refractivity contribution is 6.30. The molecule has 0 aliphatic heterocycles. The van der Waals surface area contributed by atoms with Gasteiger partial charge in [-0.05, 0) is 36.4 Å². The van der Waals surface area contributed by atoms with Crippen LogP contribution in [-0.2, 0) is 9.53 Å². The molecule has 0 saturated heterocycles. The lowest BCUT2D eigenvalue weighted by Crippen LogP contribution is -2.21. The summed E-state index contributed by atoms with van der Waals surface area (Å²) in [6.45, 7) is -0.417. The molecule has 0 atom stereocenters. The van der Waals surface area contributed by atoms with Crippen LogP contribution in [0.1, 0.15) is 10.4 Å². The minimum Gasteiger partial charge on any atom is -0.452 e. The largest absolute Gasteiger partial charge is 0.452 e. The number of carbonyl (C=O) groups is 2. The van der Waals surface area contributed by atoms with Crippen molar-refractivity contribution in [2.24, 2.45) is 0 Å². The highest BCUT2D eigenvalue weighted by Gasteiger charge is 2.17. The second kappa shape index (κ2) is 8.16. The van der Waals surface area contributed by atoms with Crippen molar-refractivity contribution in [3.8, 4) is 11.4 Å². The van der Waals surface area contributed by atoms with Gasteiger partial charge >= 0.3 is 5.97 Å². The first-order chi connectivity index (χ1) is 14.1. The fraction of sp³-hybridized carbons (Fsp3) is 0.0455. The third-order valence-electron chi connectivity index (χ3n) is 4.23. The van der Waals surface area contributed by atoms with Gasteiger partial charge in [0.25, 0.3) is 5.91 Å². The van der Waals surface area contributed by atoms with Gasteiger partial charge in [0, 0.05) is 16.3 Å². The van der Waals surface area contributed by atoms with Crippen LogP contribution < -0.4 is 5.32 Å². The Morgan fingerprint density at radius 3 is 2.62 bits per heavy atom. The summed E-state index contributed by atoms with van der Waals surface area (Å²) in [5.41, 5.74) is 3.12. The molecule has 0 saturated carbocycles. The summed E-state index contributed by atoms with van der Waals surface area (Å²) >= 11 is 5.90. The van der Waals surface area contributed by atoms with Crippen molar-refractivity contribution in [3.05, 3.63) is 83.4 Å². The highest BCUT2D eigenvalue weighted by Crippen LogP contribution is 2.24. The second-order valence-electron chi connectivity index (χ2n) is 6.28. The number of ether oxygens (including phenoxy) is 1. The summed E-state index contributed by atoms with van der Waals surface area (Å²) in [4.78, 5) is 32.4. The van der Waals surface area contributed by atoms with E-state index in [9.17, 15) is 9.59 Å². The number of fused-ring (bicyclic) bond motifs is 1. The number of hydrogen-bond donors (Lipinski definition) is 2. The predicted molar refractivity (Wildman–Crippen MR) is 112 cm³/mol. The monoisotopic (exact) mass is 405 g/mol. The average Bonchev–Trinajstić information content (AvgIpc) is 3.16. The van der Waals surface area contributed by atoms with Crippen molar-refractivity contribution >= 4 is 40.2 Å². The van der Waals surface area contributed by atoms with Crippen LogP contribution in [0.5, 0.6) is 0 Å². The minimum absolute atomic E-state index is 0.321. The molecule has 4 aromatic rings. The number of rotatable bonds is 5. The van der Waals surface area contributed by atoms with Crippen LogP contribution in [0.4, 0.5) is 5.69 Å². The molecule has 144 valence electrons. The van der Waals surface area contributed by atoms with E-state index in [2.05, 4.69) is 15.3 Å². The molecule has 4 rings (SSSR count). The van der Waals surface area contributed by atoms with Crippen LogP contribution in [0.25, 0.3) is 22.4 Å². The van der Waals surface area contributed by atoms with Crippen molar-refractivity contribution in [2.75, 3.05) is 11.9 Å². The molecule has 6 nitrogen and oxygen atoms in total. The molecular formula is C22H16ClN3O3. The maximum absolute atomic E-state index is 12.6. The van der Waals surface area contributed by atoms with E-state index in [0.717, 1.165) is 11.0 Å². The number of halogens is 1. The smallest absolute Gasteiger partial charge is 0.339 e. The number of aromatic amines is 1. The Morgan fingerprint density at radius 1 is 1.00 bits per heavy atom. The summed E-state index contributed by atoms with van der Waals surface area (Å²) in [6, 6.07) is 21.3. The van der Waals surface area contributed by atoms with Crippen LogP contribution in [0.2, 0.25) is 5.02 Å². The summed E-state index contributed by atoms with van der Waals surface area (Å²) in [5, 5.41) is 3.13. The van der Waals surface area contributed by atoms with Crippen LogP contribution in [0, 0.1) is 0 Å². The third-order valence-corrected chi connectivity index (χ3v) is 4.47. The number of nitrogens with zero attached hydrogens (tertiary/aromatic N) is 1. The van der Waals surface area contributed by atoms with E-state index < -0.39 is 18.5 Å². The molecule has 2 N–H and O–H groups in total. The zero-order chi connectivity index (χ0) is 20.2. The SMILES string of the molecule is O=C(COC(=O)c1ccccc1-c1nc2ccccc2[nH]1)Nc1cccc(Cl)c1. The number of benzene rings is 3. The Kier molecular flexibility index (Phi) is 5.27. The van der Waals surface area contributed by atoms with Gasteiger partial charge in [0.15, 0.2) is 6.61 Å². The number of esters is 1. The van der Waals surface area contributed by atoms with E-state index in [1.807, 2.05) is 30.3 Å². The van der Waals surface area contributed by atoms with Crippen molar-refractivity contribution in [1.29, 1.82) is 0 Å². The fourth-order valence-corrected chi connectivity index (χ4v) is 3.11. The van der Waals surface area contributed by atoms with Crippen LogP contribution in [0.3, 0.4) is 0 Å². The van der Waals surface area contributed by atoms with E-state index >= 15 is 0 Å². The van der Waals surface area contributed by atoms with Gasteiger partial charge < -0.3 is 15.0 Å². The molecule has 3 aromatic carbocycles. The van der Waals surface area contributed by atoms with Crippen LogP contribution in [0.15, 0.2) is 72.8 Å². The molecule has 0 aliphatic carbocycles. The second-order valence-corrected chi connectivity index (χ2v) is 6.72. The first-order valence-electron chi connectivity index (χ1n) is 8.87. The molecule has 0 radical (unpaired) electrons. The number of H-pyrrole nitrogens is 1. The number of hydrogen-bond acceptors (Lipinski definition) is 4. The van der Waals surface area contributed by atoms with Crippen LogP contribution >= 0.6 is 11.6 Å². The molecule has 1 aromatic heterocycles. The Bertz CT molecular complexity index is 1170. The lowest BCUT2D eigenvalue weighted by Gasteiger charge is -2.09. The highest BCUT2D eigenvalue weighted by atomic mass is 35.5. The zero-order valence-corrected chi connectivity index (χ0v) is 15.9. The van der Waals surface area contributed by atoms with Gasteiger partial charge in [-0.2, -0.15) is 0 Å². The van der Waals surface area contributed by atoms with Crippen molar-refractivity contribution in [1.82, 2.24) is 9.97 Å². The Hall–Kier alpha value is -3.64. The molecule has 0 aliphatic rings. The standard InChI is InChI=1S/C22H16ClN3O3/c23-14-6-5-7-15(12-14)24-20(27)13-29-22(28)17-9-2-1-8-16(17)21-25-18-10-3-4-11-19(18)26-21/h1-12H,13H2,(H,24,27)(H,25,26). The normalized spacial score (nSPS) is 10.7. The number of imidazole rings is 1. The number of aromatic nitrogens is 2. The average molecular weight is 406 g/mol. The van der Waals surface area contributed by atoms with Gasteiger partial charge in [-0.25, -0.2) is 9.78 Å². The molecule has 7 heteroatoms. The number of nitrogens with one attached hydrogen (secondary N) is 2. The number of carbonyl (C=O) groups excluding carboxylic acids is 2. The molecule has 1 heterocycles. The van der Waals surface area contributed by atoms with Gasteiger partial charge in [-0.3, -0.25) is 4.79 Å². The van der Waals surface area contributed by atoms with Crippen molar-refractivity contribution in [3.63, 3.8) is 0 Å². The fourth-order valence-electron chi connectivity index (χ4n) is 2.92. The molecule has 29 heavy (non-hydrogen) atoms. The Labute approximate surface area is 171 Å². The number of anilines is 1. The predicted octanol–water partition coefficient (Wildman–Crippen LogP) is 4.68. The van der Waals surface area contributed by atoms with Gasteiger partial charge in [0.1, 0.15) is 5.82 Å². The summed E-state index contributed by atoms with van der Waals surface area (Å²) in [5.74, 6) is -0.508. The number of amides is 1. The Morgan fingerprint density at radius 2 is 1.79 bits per heavy atom. The van der Waals surface area contributed by atoms with Gasteiger partial charge in [-0.1, -0.05) is 48.0 Å². The molecule has 0 unspecified atom stereocenters. The first-order valence-corrected chi connectivity index (χ1v) is 9.24. The molecule has 0 fully saturated rings. The van der Waals surface area contributed by atoms with E-state index in [1.54, 1.807) is 42.5 Å².